The number of nitrogens with one attached hydrogen (secondary N) is 1. The van der Waals surface area contributed by atoms with Crippen LogP contribution in [-0.4, -0.2) is 26.4 Å². The largest absolute Gasteiger partial charge is 0.369 e. The topological polar surface area (TPSA) is 93.8 Å². The second-order valence-corrected chi connectivity index (χ2v) is 5.25. The molecule has 116 valence electrons. The quantitative estimate of drug-likeness (QED) is 0.570. The normalized spacial score (nSPS) is 10.7. The summed E-state index contributed by atoms with van der Waals surface area (Å²) >= 11 is 5.91. The Bertz CT molecular complexity index is 857. The Balaban J connectivity index is 1.85. The fraction of sp³-hybridized carbons (Fsp3) is 0.133. The number of hydrogen-bond acceptors (Lipinski definition) is 6. The molecule has 0 radical (unpaired) electrons. The number of halogens is 1. The first kappa shape index (κ1) is 15.1. The summed E-state index contributed by atoms with van der Waals surface area (Å²) < 4.78 is 0. The summed E-state index contributed by atoms with van der Waals surface area (Å²) in [6.45, 7) is 0.619. The number of nitro benzene ring substituents is 1. The standard InChI is InChI=1S/C15H12ClN5O2/c16-12-7-13-11(6-14(12)21(22)23)15(20-9-19-13)18-5-3-10-2-1-4-17-8-10/h1-2,4,6-9H,3,5H2,(H,18,19,20). The molecule has 0 aliphatic heterocycles. The van der Waals surface area contributed by atoms with E-state index in [0.717, 1.165) is 12.0 Å². The molecular weight excluding hydrogens is 318 g/mol. The van der Waals surface area contributed by atoms with E-state index in [-0.39, 0.29) is 10.7 Å². The second kappa shape index (κ2) is 6.53. The van der Waals surface area contributed by atoms with Crippen molar-refractivity contribution in [1.82, 2.24) is 15.0 Å². The Labute approximate surface area is 136 Å². The summed E-state index contributed by atoms with van der Waals surface area (Å²) in [6, 6.07) is 6.73. The van der Waals surface area contributed by atoms with Crippen LogP contribution >= 0.6 is 11.6 Å². The minimum Gasteiger partial charge on any atom is -0.369 e. The predicted octanol–water partition coefficient (Wildman–Crippen LogP) is 3.24. The Morgan fingerprint density at radius 3 is 2.91 bits per heavy atom. The number of benzene rings is 1. The van der Waals surface area contributed by atoms with Gasteiger partial charge >= 0.3 is 0 Å². The fourth-order valence-electron chi connectivity index (χ4n) is 2.22. The SMILES string of the molecule is O=[N+]([O-])c1cc2c(NCCc3cccnc3)ncnc2cc1Cl. The van der Waals surface area contributed by atoms with Crippen molar-refractivity contribution in [2.24, 2.45) is 0 Å². The van der Waals surface area contributed by atoms with E-state index in [1.807, 2.05) is 12.1 Å². The summed E-state index contributed by atoms with van der Waals surface area (Å²) in [5.74, 6) is 0.540. The Morgan fingerprint density at radius 1 is 1.30 bits per heavy atom. The van der Waals surface area contributed by atoms with Gasteiger partial charge in [0.15, 0.2) is 0 Å². The van der Waals surface area contributed by atoms with Crippen molar-refractivity contribution in [2.75, 3.05) is 11.9 Å². The molecule has 0 saturated carbocycles. The average molecular weight is 330 g/mol. The van der Waals surface area contributed by atoms with E-state index in [0.29, 0.717) is 23.3 Å². The van der Waals surface area contributed by atoms with Gasteiger partial charge < -0.3 is 5.32 Å². The van der Waals surface area contributed by atoms with Gasteiger partial charge in [0.1, 0.15) is 17.2 Å². The molecule has 3 rings (SSSR count). The van der Waals surface area contributed by atoms with Crippen LogP contribution in [-0.2, 0) is 6.42 Å². The van der Waals surface area contributed by atoms with Crippen molar-refractivity contribution < 1.29 is 4.92 Å². The number of fused-ring (bicyclic) bond motifs is 1. The van der Waals surface area contributed by atoms with E-state index < -0.39 is 4.92 Å². The molecule has 7 nitrogen and oxygen atoms in total. The summed E-state index contributed by atoms with van der Waals surface area (Å²) in [7, 11) is 0. The number of aromatic nitrogens is 3. The predicted molar refractivity (Wildman–Crippen MR) is 87.6 cm³/mol. The average Bonchev–Trinajstić information content (AvgIpc) is 2.55. The highest BCUT2D eigenvalue weighted by atomic mass is 35.5. The molecule has 23 heavy (non-hydrogen) atoms. The number of pyridine rings is 1. The molecule has 0 spiro atoms. The van der Waals surface area contributed by atoms with Gasteiger partial charge in [-0.15, -0.1) is 0 Å². The number of nitro groups is 1. The number of hydrogen-bond donors (Lipinski definition) is 1. The minimum absolute atomic E-state index is 0.0579. The van der Waals surface area contributed by atoms with Gasteiger partial charge in [-0.05, 0) is 24.1 Å². The van der Waals surface area contributed by atoms with Crippen LogP contribution in [0.2, 0.25) is 5.02 Å². The number of anilines is 1. The molecule has 0 saturated heterocycles. The first-order valence-corrected chi connectivity index (χ1v) is 7.24. The molecular formula is C15H12ClN5O2. The lowest BCUT2D eigenvalue weighted by molar-refractivity contribution is -0.384. The Kier molecular flexibility index (Phi) is 4.29. The van der Waals surface area contributed by atoms with Crippen LogP contribution in [0, 0.1) is 10.1 Å². The summed E-state index contributed by atoms with van der Waals surface area (Å²) in [4.78, 5) is 22.8. The molecule has 1 N–H and O–H groups in total. The van der Waals surface area contributed by atoms with Gasteiger partial charge in [0.2, 0.25) is 0 Å². The molecule has 0 aliphatic rings. The van der Waals surface area contributed by atoms with E-state index in [1.165, 1.54) is 18.5 Å². The Morgan fingerprint density at radius 2 is 2.17 bits per heavy atom. The lowest BCUT2D eigenvalue weighted by atomic mass is 10.2. The summed E-state index contributed by atoms with van der Waals surface area (Å²) in [5, 5.41) is 14.8. The van der Waals surface area contributed by atoms with Crippen LogP contribution in [0.15, 0.2) is 43.0 Å². The van der Waals surface area contributed by atoms with Crippen LogP contribution in [0.3, 0.4) is 0 Å². The van der Waals surface area contributed by atoms with Crippen LogP contribution in [0.5, 0.6) is 0 Å². The maximum atomic E-state index is 11.0. The molecule has 0 fully saturated rings. The third kappa shape index (κ3) is 3.35. The molecule has 0 aliphatic carbocycles. The number of rotatable bonds is 5. The molecule has 2 heterocycles. The highest BCUT2D eigenvalue weighted by Crippen LogP contribution is 2.31. The zero-order chi connectivity index (χ0) is 16.2. The zero-order valence-electron chi connectivity index (χ0n) is 11.9. The summed E-state index contributed by atoms with van der Waals surface area (Å²) in [6.07, 6.45) is 5.67. The van der Waals surface area contributed by atoms with Crippen molar-refractivity contribution >= 4 is 34.0 Å². The van der Waals surface area contributed by atoms with E-state index in [1.54, 1.807) is 12.4 Å². The fourth-order valence-corrected chi connectivity index (χ4v) is 2.45. The van der Waals surface area contributed by atoms with Crippen molar-refractivity contribution in [3.05, 3.63) is 63.7 Å². The molecule has 0 atom stereocenters. The lowest BCUT2D eigenvalue weighted by Crippen LogP contribution is -2.07. The maximum absolute atomic E-state index is 11.0. The van der Waals surface area contributed by atoms with Gasteiger partial charge in [-0.25, -0.2) is 9.97 Å². The highest BCUT2D eigenvalue weighted by molar-refractivity contribution is 6.33. The van der Waals surface area contributed by atoms with Gasteiger partial charge in [0.25, 0.3) is 5.69 Å². The molecule has 2 aromatic heterocycles. The maximum Gasteiger partial charge on any atom is 0.288 e. The molecule has 8 heteroatoms. The third-order valence-corrected chi connectivity index (χ3v) is 3.63. The first-order chi connectivity index (χ1) is 11.1. The van der Waals surface area contributed by atoms with Crippen molar-refractivity contribution in [3.63, 3.8) is 0 Å². The monoisotopic (exact) mass is 329 g/mol. The van der Waals surface area contributed by atoms with E-state index in [2.05, 4.69) is 20.3 Å². The highest BCUT2D eigenvalue weighted by Gasteiger charge is 2.16. The van der Waals surface area contributed by atoms with Gasteiger partial charge in [-0.2, -0.15) is 0 Å². The van der Waals surface area contributed by atoms with E-state index >= 15 is 0 Å². The molecule has 0 unspecified atom stereocenters. The van der Waals surface area contributed by atoms with Gasteiger partial charge in [0, 0.05) is 30.4 Å². The van der Waals surface area contributed by atoms with Crippen molar-refractivity contribution in [2.45, 2.75) is 6.42 Å². The van der Waals surface area contributed by atoms with Gasteiger partial charge in [-0.1, -0.05) is 17.7 Å². The van der Waals surface area contributed by atoms with Crippen LogP contribution in [0.25, 0.3) is 10.9 Å². The Hall–Kier alpha value is -2.80. The molecule has 1 aromatic carbocycles. The lowest BCUT2D eigenvalue weighted by Gasteiger charge is -2.08. The summed E-state index contributed by atoms with van der Waals surface area (Å²) in [5.41, 5.74) is 1.48. The van der Waals surface area contributed by atoms with Gasteiger partial charge in [-0.3, -0.25) is 15.1 Å². The smallest absolute Gasteiger partial charge is 0.288 e. The van der Waals surface area contributed by atoms with Crippen molar-refractivity contribution in [3.8, 4) is 0 Å². The number of nitrogens with zero attached hydrogens (tertiary/aromatic N) is 4. The van der Waals surface area contributed by atoms with E-state index in [9.17, 15) is 10.1 Å². The molecule has 0 bridgehead atoms. The minimum atomic E-state index is -0.520. The zero-order valence-corrected chi connectivity index (χ0v) is 12.7. The molecule has 3 aromatic rings. The van der Waals surface area contributed by atoms with Crippen LogP contribution in [0.1, 0.15) is 5.56 Å². The van der Waals surface area contributed by atoms with E-state index in [4.69, 9.17) is 11.6 Å². The third-order valence-electron chi connectivity index (χ3n) is 3.33. The second-order valence-electron chi connectivity index (χ2n) is 4.84. The molecule has 0 amide bonds. The van der Waals surface area contributed by atoms with Crippen LogP contribution < -0.4 is 5.32 Å². The van der Waals surface area contributed by atoms with Gasteiger partial charge in [0.05, 0.1) is 10.4 Å². The van der Waals surface area contributed by atoms with Crippen molar-refractivity contribution in [1.29, 1.82) is 0 Å². The van der Waals surface area contributed by atoms with Crippen LogP contribution in [0.4, 0.5) is 11.5 Å². The first-order valence-electron chi connectivity index (χ1n) is 6.86.